The van der Waals surface area contributed by atoms with Gasteiger partial charge in [-0.05, 0) is 35.9 Å². The molecular formula is C23H22N4O. The Morgan fingerprint density at radius 2 is 1.89 bits per heavy atom. The molecule has 1 aliphatic heterocycles. The average Bonchev–Trinajstić information content (AvgIpc) is 3.12. The molecule has 2 heterocycles. The first-order chi connectivity index (χ1) is 13.5. The number of carbonyl (C=O) groups is 1. The second-order valence-electron chi connectivity index (χ2n) is 8.17. The number of piperazine rings is 1. The van der Waals surface area contributed by atoms with E-state index in [1.807, 2.05) is 18.2 Å². The van der Waals surface area contributed by atoms with E-state index in [0.29, 0.717) is 5.56 Å². The van der Waals surface area contributed by atoms with E-state index in [-0.39, 0.29) is 11.2 Å². The molecule has 0 unspecified atom stereocenters. The van der Waals surface area contributed by atoms with E-state index in [0.717, 1.165) is 59.5 Å². The summed E-state index contributed by atoms with van der Waals surface area (Å²) in [4.78, 5) is 19.2. The van der Waals surface area contributed by atoms with Crippen LogP contribution in [-0.4, -0.2) is 36.9 Å². The van der Waals surface area contributed by atoms with Gasteiger partial charge in [0.15, 0.2) is 5.78 Å². The lowest BCUT2D eigenvalue weighted by Crippen LogP contribution is -2.43. The zero-order chi connectivity index (χ0) is 19.5. The monoisotopic (exact) mass is 370 g/mol. The Morgan fingerprint density at radius 3 is 2.64 bits per heavy atom. The first kappa shape index (κ1) is 17.0. The van der Waals surface area contributed by atoms with E-state index in [9.17, 15) is 10.1 Å². The number of nitriles is 1. The number of H-pyrrole nitrogens is 1. The minimum absolute atomic E-state index is 0.0622. The van der Waals surface area contributed by atoms with Crippen LogP contribution >= 0.6 is 0 Å². The van der Waals surface area contributed by atoms with E-state index >= 15 is 0 Å². The van der Waals surface area contributed by atoms with Gasteiger partial charge in [-0.2, -0.15) is 5.26 Å². The smallest absolute Gasteiger partial charge is 0.195 e. The van der Waals surface area contributed by atoms with Gasteiger partial charge >= 0.3 is 0 Å². The van der Waals surface area contributed by atoms with Gasteiger partial charge in [0.05, 0.1) is 17.2 Å². The third-order valence-corrected chi connectivity index (χ3v) is 6.18. The lowest BCUT2D eigenvalue weighted by Gasteiger charge is -2.35. The highest BCUT2D eigenvalue weighted by atomic mass is 16.1. The van der Waals surface area contributed by atoms with Crippen molar-refractivity contribution in [2.75, 3.05) is 31.1 Å². The Labute approximate surface area is 164 Å². The van der Waals surface area contributed by atoms with Crippen LogP contribution < -0.4 is 10.2 Å². The van der Waals surface area contributed by atoms with Gasteiger partial charge in [0, 0.05) is 59.4 Å². The first-order valence-corrected chi connectivity index (χ1v) is 9.72. The molecule has 28 heavy (non-hydrogen) atoms. The number of hydrogen-bond donors (Lipinski definition) is 2. The molecule has 0 saturated carbocycles. The largest absolute Gasteiger partial charge is 0.369 e. The maximum atomic E-state index is 13.4. The lowest BCUT2D eigenvalue weighted by atomic mass is 9.71. The fraction of sp³-hybridized carbons (Fsp3) is 0.304. The van der Waals surface area contributed by atoms with E-state index in [2.05, 4.69) is 47.3 Å². The van der Waals surface area contributed by atoms with Crippen molar-refractivity contribution >= 4 is 22.4 Å². The molecule has 140 valence electrons. The molecule has 2 aliphatic rings. The maximum Gasteiger partial charge on any atom is 0.195 e. The van der Waals surface area contributed by atoms with Crippen molar-refractivity contribution in [3.05, 3.63) is 64.3 Å². The summed E-state index contributed by atoms with van der Waals surface area (Å²) in [5, 5.41) is 13.5. The van der Waals surface area contributed by atoms with Crippen LogP contribution in [0.1, 0.15) is 46.6 Å². The number of nitrogens with one attached hydrogen (secondary N) is 2. The molecule has 1 fully saturated rings. The summed E-state index contributed by atoms with van der Waals surface area (Å²) in [5.41, 5.74) is 5.81. The molecule has 0 spiro atoms. The highest BCUT2D eigenvalue weighted by Gasteiger charge is 2.40. The SMILES string of the molecule is CC1(C)c2cc(N3CCNCC3)ccc2C(=O)c2c1[nH]c1cc(C#N)ccc21. The third-order valence-electron chi connectivity index (χ3n) is 6.18. The fourth-order valence-electron chi connectivity index (χ4n) is 4.61. The number of aromatic amines is 1. The molecule has 0 atom stereocenters. The van der Waals surface area contributed by atoms with Gasteiger partial charge in [0.25, 0.3) is 0 Å². The quantitative estimate of drug-likeness (QED) is 0.689. The number of aromatic nitrogens is 1. The Hall–Kier alpha value is -3.10. The van der Waals surface area contributed by atoms with Gasteiger partial charge < -0.3 is 15.2 Å². The number of fused-ring (bicyclic) bond motifs is 4. The Bertz CT molecular complexity index is 1160. The molecule has 0 amide bonds. The van der Waals surface area contributed by atoms with Crippen LogP contribution in [0.25, 0.3) is 10.9 Å². The average molecular weight is 370 g/mol. The highest BCUT2D eigenvalue weighted by molar-refractivity contribution is 6.20. The van der Waals surface area contributed by atoms with Gasteiger partial charge in [-0.1, -0.05) is 19.9 Å². The molecule has 2 aromatic carbocycles. The van der Waals surface area contributed by atoms with E-state index in [1.165, 1.54) is 5.69 Å². The van der Waals surface area contributed by atoms with Gasteiger partial charge in [-0.25, -0.2) is 0 Å². The number of ketones is 1. The predicted molar refractivity (Wildman–Crippen MR) is 110 cm³/mol. The molecule has 5 heteroatoms. The zero-order valence-electron chi connectivity index (χ0n) is 16.1. The van der Waals surface area contributed by atoms with Crippen LogP contribution in [0.5, 0.6) is 0 Å². The normalized spacial score (nSPS) is 17.9. The summed E-state index contributed by atoms with van der Waals surface area (Å²) in [5.74, 6) is 0.0622. The van der Waals surface area contributed by atoms with Crippen molar-refractivity contribution in [3.63, 3.8) is 0 Å². The minimum Gasteiger partial charge on any atom is -0.369 e. The summed E-state index contributed by atoms with van der Waals surface area (Å²) in [6, 6.07) is 13.9. The van der Waals surface area contributed by atoms with E-state index in [4.69, 9.17) is 0 Å². The number of nitrogens with zero attached hydrogens (tertiary/aromatic N) is 2. The van der Waals surface area contributed by atoms with Crippen LogP contribution in [0, 0.1) is 11.3 Å². The van der Waals surface area contributed by atoms with Crippen LogP contribution in [-0.2, 0) is 5.41 Å². The summed E-state index contributed by atoms with van der Waals surface area (Å²) < 4.78 is 0. The van der Waals surface area contributed by atoms with E-state index in [1.54, 1.807) is 6.07 Å². The van der Waals surface area contributed by atoms with Gasteiger partial charge in [-0.15, -0.1) is 0 Å². The van der Waals surface area contributed by atoms with Crippen LogP contribution in [0.4, 0.5) is 5.69 Å². The van der Waals surface area contributed by atoms with Gasteiger partial charge in [0.2, 0.25) is 0 Å². The molecule has 2 N–H and O–H groups in total. The topological polar surface area (TPSA) is 71.9 Å². The molecule has 1 saturated heterocycles. The lowest BCUT2D eigenvalue weighted by molar-refractivity contribution is 0.103. The molecule has 0 radical (unpaired) electrons. The Kier molecular flexibility index (Phi) is 3.62. The maximum absolute atomic E-state index is 13.4. The van der Waals surface area contributed by atoms with Crippen molar-refractivity contribution < 1.29 is 4.79 Å². The fourth-order valence-corrected chi connectivity index (χ4v) is 4.61. The molecule has 5 nitrogen and oxygen atoms in total. The van der Waals surface area contributed by atoms with Crippen molar-refractivity contribution in [2.45, 2.75) is 19.3 Å². The highest BCUT2D eigenvalue weighted by Crippen LogP contribution is 2.44. The summed E-state index contributed by atoms with van der Waals surface area (Å²) in [6.07, 6.45) is 0. The van der Waals surface area contributed by atoms with Crippen LogP contribution in [0.3, 0.4) is 0 Å². The number of anilines is 1. The second kappa shape index (κ2) is 5.95. The number of benzene rings is 2. The summed E-state index contributed by atoms with van der Waals surface area (Å²) in [7, 11) is 0. The van der Waals surface area contributed by atoms with Crippen molar-refractivity contribution in [3.8, 4) is 6.07 Å². The molecule has 1 aliphatic carbocycles. The second-order valence-corrected chi connectivity index (χ2v) is 8.17. The molecule has 1 aromatic heterocycles. The number of rotatable bonds is 1. The van der Waals surface area contributed by atoms with Gasteiger partial charge in [0.1, 0.15) is 0 Å². The minimum atomic E-state index is -0.325. The Morgan fingerprint density at radius 1 is 1.11 bits per heavy atom. The molecule has 5 rings (SSSR count). The Balaban J connectivity index is 1.69. The predicted octanol–water partition coefficient (Wildman–Crippen LogP) is 3.32. The first-order valence-electron chi connectivity index (χ1n) is 9.72. The molecule has 0 bridgehead atoms. The molecule has 3 aromatic rings. The van der Waals surface area contributed by atoms with Crippen LogP contribution in [0.15, 0.2) is 36.4 Å². The molecular weight excluding hydrogens is 348 g/mol. The van der Waals surface area contributed by atoms with E-state index < -0.39 is 0 Å². The zero-order valence-corrected chi connectivity index (χ0v) is 16.1. The van der Waals surface area contributed by atoms with Crippen molar-refractivity contribution in [1.29, 1.82) is 5.26 Å². The number of hydrogen-bond acceptors (Lipinski definition) is 4. The standard InChI is InChI=1S/C23H22N4O/c1-23(2)18-12-15(27-9-7-25-8-10-27)4-6-16(18)21(28)20-17-5-3-14(13-24)11-19(17)26-22(20)23/h3-6,11-12,25-26H,7-10H2,1-2H3. The number of carbonyl (C=O) groups excluding carboxylic acids is 1. The van der Waals surface area contributed by atoms with Crippen molar-refractivity contribution in [1.82, 2.24) is 10.3 Å². The third kappa shape index (κ3) is 2.31. The van der Waals surface area contributed by atoms with Gasteiger partial charge in [-0.3, -0.25) is 4.79 Å². The summed E-state index contributed by atoms with van der Waals surface area (Å²) in [6.45, 7) is 8.24. The summed E-state index contributed by atoms with van der Waals surface area (Å²) >= 11 is 0. The van der Waals surface area contributed by atoms with Crippen molar-refractivity contribution in [2.24, 2.45) is 0 Å². The van der Waals surface area contributed by atoms with Crippen LogP contribution in [0.2, 0.25) is 0 Å².